The lowest BCUT2D eigenvalue weighted by molar-refractivity contribution is 0.733. The average Bonchev–Trinajstić information content (AvgIpc) is 3.21. The van der Waals surface area contributed by atoms with Crippen molar-refractivity contribution >= 4 is 32.9 Å². The Balaban J connectivity index is 1.57. The second kappa shape index (κ2) is 6.06. The van der Waals surface area contributed by atoms with Crippen molar-refractivity contribution in [1.29, 1.82) is 0 Å². The van der Waals surface area contributed by atoms with Gasteiger partial charge in [0.2, 0.25) is 0 Å². The second-order valence-corrected chi connectivity index (χ2v) is 7.07. The van der Waals surface area contributed by atoms with E-state index < -0.39 is 0 Å². The number of fused-ring (bicyclic) bond motifs is 1. The van der Waals surface area contributed by atoms with Gasteiger partial charge in [0, 0.05) is 11.8 Å². The van der Waals surface area contributed by atoms with Gasteiger partial charge in [-0.25, -0.2) is 9.97 Å². The van der Waals surface area contributed by atoms with Crippen LogP contribution in [0.3, 0.4) is 0 Å². The summed E-state index contributed by atoms with van der Waals surface area (Å²) < 4.78 is 2.33. The molecule has 0 fully saturated rings. The number of hydrogen-bond acceptors (Lipinski definition) is 5. The third kappa shape index (κ3) is 2.95. The number of thiazole rings is 1. The van der Waals surface area contributed by atoms with Crippen LogP contribution in [0.2, 0.25) is 0 Å². The van der Waals surface area contributed by atoms with Crippen molar-refractivity contribution in [2.45, 2.75) is 13.0 Å². The highest BCUT2D eigenvalue weighted by Gasteiger charge is 2.08. The molecule has 0 saturated heterocycles. The van der Waals surface area contributed by atoms with Crippen LogP contribution in [0.5, 0.6) is 0 Å². The molecule has 0 saturated carbocycles. The van der Waals surface area contributed by atoms with Crippen LogP contribution >= 0.6 is 22.7 Å². The first-order valence-corrected chi connectivity index (χ1v) is 8.95. The van der Waals surface area contributed by atoms with E-state index in [1.165, 1.54) is 16.9 Å². The van der Waals surface area contributed by atoms with Gasteiger partial charge >= 0.3 is 0 Å². The third-order valence-electron chi connectivity index (χ3n) is 3.57. The van der Waals surface area contributed by atoms with Gasteiger partial charge in [0.15, 0.2) is 0 Å². The third-order valence-corrected chi connectivity index (χ3v) is 5.35. The summed E-state index contributed by atoms with van der Waals surface area (Å²) >= 11 is 3.06. The van der Waals surface area contributed by atoms with Gasteiger partial charge in [0.25, 0.3) is 5.56 Å². The van der Waals surface area contributed by atoms with Gasteiger partial charge in [0.1, 0.15) is 4.70 Å². The molecule has 114 valence electrons. The standard InChI is InChI=1S/C17H13N3OS2/c21-17-16-14(6-7-22-16)18-11-20(17)9-13-10-23-15(19-13)8-12-4-2-1-3-5-12/h1-7,10-11H,8-9H2. The van der Waals surface area contributed by atoms with E-state index in [4.69, 9.17) is 0 Å². The lowest BCUT2D eigenvalue weighted by Crippen LogP contribution is -2.20. The summed E-state index contributed by atoms with van der Waals surface area (Å²) in [6, 6.07) is 12.1. The van der Waals surface area contributed by atoms with E-state index in [9.17, 15) is 4.79 Å². The van der Waals surface area contributed by atoms with Gasteiger partial charge in [-0.15, -0.1) is 22.7 Å². The number of nitrogens with zero attached hydrogens (tertiary/aromatic N) is 3. The summed E-state index contributed by atoms with van der Waals surface area (Å²) in [4.78, 5) is 21.4. The minimum atomic E-state index is 0.00242. The van der Waals surface area contributed by atoms with E-state index in [0.717, 1.165) is 22.6 Å². The Hall–Kier alpha value is -2.31. The van der Waals surface area contributed by atoms with E-state index in [-0.39, 0.29) is 5.56 Å². The van der Waals surface area contributed by atoms with E-state index in [1.54, 1.807) is 22.2 Å². The average molecular weight is 339 g/mol. The normalized spacial score (nSPS) is 11.1. The quantitative estimate of drug-likeness (QED) is 0.571. The smallest absolute Gasteiger partial charge is 0.271 e. The van der Waals surface area contributed by atoms with E-state index in [2.05, 4.69) is 22.1 Å². The molecule has 3 aromatic heterocycles. The molecule has 4 aromatic rings. The molecular weight excluding hydrogens is 326 g/mol. The second-order valence-electron chi connectivity index (χ2n) is 5.21. The van der Waals surface area contributed by atoms with Crippen molar-refractivity contribution in [2.24, 2.45) is 0 Å². The van der Waals surface area contributed by atoms with Gasteiger partial charge in [-0.1, -0.05) is 30.3 Å². The zero-order chi connectivity index (χ0) is 15.6. The molecule has 0 aliphatic heterocycles. The van der Waals surface area contributed by atoms with Crippen LogP contribution in [0.4, 0.5) is 0 Å². The Bertz CT molecular complexity index is 1000. The Morgan fingerprint density at radius 1 is 1.09 bits per heavy atom. The van der Waals surface area contributed by atoms with E-state index >= 15 is 0 Å². The molecule has 0 N–H and O–H groups in total. The van der Waals surface area contributed by atoms with Crippen LogP contribution < -0.4 is 5.56 Å². The SMILES string of the molecule is O=c1c2sccc2ncn1Cc1csc(Cc2ccccc2)n1. The maximum Gasteiger partial charge on any atom is 0.271 e. The number of aromatic nitrogens is 3. The molecule has 0 spiro atoms. The molecule has 0 aliphatic carbocycles. The summed E-state index contributed by atoms with van der Waals surface area (Å²) in [7, 11) is 0. The summed E-state index contributed by atoms with van der Waals surface area (Å²) in [5.74, 6) is 0. The van der Waals surface area contributed by atoms with E-state index in [1.807, 2.05) is 35.0 Å². The largest absolute Gasteiger partial charge is 0.292 e. The lowest BCUT2D eigenvalue weighted by Gasteiger charge is -2.02. The maximum absolute atomic E-state index is 12.4. The fourth-order valence-electron chi connectivity index (χ4n) is 2.44. The molecule has 0 radical (unpaired) electrons. The first-order chi connectivity index (χ1) is 11.3. The van der Waals surface area contributed by atoms with Crippen LogP contribution in [0, 0.1) is 0 Å². The van der Waals surface area contributed by atoms with Gasteiger partial charge in [-0.05, 0) is 17.0 Å². The van der Waals surface area contributed by atoms with E-state index in [0.29, 0.717) is 11.2 Å². The molecule has 0 unspecified atom stereocenters. The highest BCUT2D eigenvalue weighted by atomic mass is 32.1. The van der Waals surface area contributed by atoms with Gasteiger partial charge in [-0.3, -0.25) is 9.36 Å². The number of benzene rings is 1. The van der Waals surface area contributed by atoms with Crippen molar-refractivity contribution in [3.05, 3.63) is 80.1 Å². The summed E-state index contributed by atoms with van der Waals surface area (Å²) in [5.41, 5.74) is 2.91. The predicted octanol–water partition coefficient (Wildman–Crippen LogP) is 3.55. The lowest BCUT2D eigenvalue weighted by atomic mass is 10.2. The number of rotatable bonds is 4. The molecule has 0 aliphatic rings. The summed E-state index contributed by atoms with van der Waals surface area (Å²) in [5, 5.41) is 4.97. The topological polar surface area (TPSA) is 47.8 Å². The maximum atomic E-state index is 12.4. The van der Waals surface area contributed by atoms with Crippen molar-refractivity contribution in [3.8, 4) is 0 Å². The molecule has 3 heterocycles. The highest BCUT2D eigenvalue weighted by Crippen LogP contribution is 2.16. The van der Waals surface area contributed by atoms with Gasteiger partial charge < -0.3 is 0 Å². The van der Waals surface area contributed by atoms with Crippen molar-refractivity contribution in [1.82, 2.24) is 14.5 Å². The van der Waals surface area contributed by atoms with Crippen LogP contribution in [0.1, 0.15) is 16.3 Å². The van der Waals surface area contributed by atoms with Crippen LogP contribution in [0.15, 0.2) is 58.3 Å². The van der Waals surface area contributed by atoms with Crippen LogP contribution in [0.25, 0.3) is 10.2 Å². The molecule has 0 bridgehead atoms. The molecule has 23 heavy (non-hydrogen) atoms. The highest BCUT2D eigenvalue weighted by molar-refractivity contribution is 7.17. The van der Waals surface area contributed by atoms with Crippen molar-refractivity contribution in [2.75, 3.05) is 0 Å². The van der Waals surface area contributed by atoms with Crippen molar-refractivity contribution < 1.29 is 0 Å². The molecule has 6 heteroatoms. The fraction of sp³-hybridized carbons (Fsp3) is 0.118. The molecule has 4 rings (SSSR count). The molecule has 4 nitrogen and oxygen atoms in total. The first-order valence-electron chi connectivity index (χ1n) is 7.19. The predicted molar refractivity (Wildman–Crippen MR) is 94.3 cm³/mol. The fourth-order valence-corrected chi connectivity index (χ4v) is 4.05. The van der Waals surface area contributed by atoms with Gasteiger partial charge in [0.05, 0.1) is 29.1 Å². The van der Waals surface area contributed by atoms with Gasteiger partial charge in [-0.2, -0.15) is 0 Å². The molecule has 1 aromatic carbocycles. The zero-order valence-electron chi connectivity index (χ0n) is 12.2. The number of thiophene rings is 1. The Morgan fingerprint density at radius 2 is 1.96 bits per heavy atom. The Kier molecular flexibility index (Phi) is 3.77. The number of hydrogen-bond donors (Lipinski definition) is 0. The van der Waals surface area contributed by atoms with Crippen LogP contribution in [-0.4, -0.2) is 14.5 Å². The summed E-state index contributed by atoms with van der Waals surface area (Å²) in [6.45, 7) is 0.463. The monoisotopic (exact) mass is 339 g/mol. The minimum Gasteiger partial charge on any atom is -0.292 e. The molecular formula is C17H13N3OS2. The Morgan fingerprint density at radius 3 is 2.83 bits per heavy atom. The summed E-state index contributed by atoms with van der Waals surface area (Å²) in [6.07, 6.45) is 2.43. The van der Waals surface area contributed by atoms with Crippen molar-refractivity contribution in [3.63, 3.8) is 0 Å². The first kappa shape index (κ1) is 14.3. The molecule has 0 amide bonds. The zero-order valence-corrected chi connectivity index (χ0v) is 13.8. The molecule has 0 atom stereocenters. The Labute approximate surface area is 140 Å². The van der Waals surface area contributed by atoms with Crippen LogP contribution in [-0.2, 0) is 13.0 Å². The minimum absolute atomic E-state index is 0.00242.